The Labute approximate surface area is 145 Å². The van der Waals surface area contributed by atoms with Gasteiger partial charge in [-0.25, -0.2) is 0 Å². The predicted molar refractivity (Wildman–Crippen MR) is 93.3 cm³/mol. The first-order chi connectivity index (χ1) is 11.5. The van der Waals surface area contributed by atoms with E-state index >= 15 is 0 Å². The number of hydrogen-bond acceptors (Lipinski definition) is 4. The van der Waals surface area contributed by atoms with Crippen LogP contribution in [0.25, 0.3) is 0 Å². The number of para-hydroxylation sites is 1. The number of benzene rings is 2. The highest BCUT2D eigenvalue weighted by Crippen LogP contribution is 2.32. The fourth-order valence-electron chi connectivity index (χ4n) is 2.32. The molecule has 0 saturated carbocycles. The van der Waals surface area contributed by atoms with Gasteiger partial charge in [-0.15, -0.1) is 0 Å². The SMILES string of the molecule is COc1ccc(C(C)=O)cc1CC(=O)Nc1cccc(Cl)c1OC. The highest BCUT2D eigenvalue weighted by Gasteiger charge is 2.14. The maximum Gasteiger partial charge on any atom is 0.229 e. The van der Waals surface area contributed by atoms with Gasteiger partial charge in [-0.05, 0) is 37.3 Å². The largest absolute Gasteiger partial charge is 0.496 e. The summed E-state index contributed by atoms with van der Waals surface area (Å²) in [6.45, 7) is 1.47. The molecule has 1 N–H and O–H groups in total. The maximum absolute atomic E-state index is 12.4. The van der Waals surface area contributed by atoms with E-state index in [9.17, 15) is 9.59 Å². The van der Waals surface area contributed by atoms with E-state index in [1.54, 1.807) is 36.4 Å². The molecule has 0 unspecified atom stereocenters. The van der Waals surface area contributed by atoms with Crippen molar-refractivity contribution in [2.24, 2.45) is 0 Å². The van der Waals surface area contributed by atoms with Crippen molar-refractivity contribution in [2.75, 3.05) is 19.5 Å². The van der Waals surface area contributed by atoms with E-state index in [1.807, 2.05) is 0 Å². The summed E-state index contributed by atoms with van der Waals surface area (Å²) < 4.78 is 10.5. The minimum atomic E-state index is -0.269. The third-order valence-corrected chi connectivity index (χ3v) is 3.78. The average Bonchev–Trinajstić information content (AvgIpc) is 2.54. The Hall–Kier alpha value is -2.53. The van der Waals surface area contributed by atoms with Crippen molar-refractivity contribution < 1.29 is 19.1 Å². The molecule has 0 aliphatic carbocycles. The second-order valence-corrected chi connectivity index (χ2v) is 5.54. The highest BCUT2D eigenvalue weighted by atomic mass is 35.5. The van der Waals surface area contributed by atoms with Crippen LogP contribution in [0.2, 0.25) is 5.02 Å². The van der Waals surface area contributed by atoms with E-state index < -0.39 is 0 Å². The molecule has 0 aliphatic rings. The van der Waals surface area contributed by atoms with Crippen LogP contribution in [-0.2, 0) is 11.2 Å². The minimum absolute atomic E-state index is 0.0555. The normalized spacial score (nSPS) is 10.2. The number of ether oxygens (including phenoxy) is 2. The number of nitrogens with one attached hydrogen (secondary N) is 1. The van der Waals surface area contributed by atoms with Crippen LogP contribution in [0.15, 0.2) is 36.4 Å². The number of rotatable bonds is 6. The van der Waals surface area contributed by atoms with Crippen molar-refractivity contribution in [2.45, 2.75) is 13.3 Å². The third-order valence-electron chi connectivity index (χ3n) is 3.48. The van der Waals surface area contributed by atoms with Crippen LogP contribution in [0.5, 0.6) is 11.5 Å². The van der Waals surface area contributed by atoms with Crippen molar-refractivity contribution in [3.05, 3.63) is 52.5 Å². The monoisotopic (exact) mass is 347 g/mol. The van der Waals surface area contributed by atoms with Crippen LogP contribution < -0.4 is 14.8 Å². The molecule has 0 atom stereocenters. The molecule has 0 fully saturated rings. The lowest BCUT2D eigenvalue weighted by Crippen LogP contribution is -2.16. The van der Waals surface area contributed by atoms with E-state index in [2.05, 4.69) is 5.32 Å². The van der Waals surface area contributed by atoms with Gasteiger partial charge in [0, 0.05) is 11.1 Å². The lowest BCUT2D eigenvalue weighted by atomic mass is 10.0. The zero-order valence-electron chi connectivity index (χ0n) is 13.7. The second kappa shape index (κ2) is 7.84. The molecule has 2 aromatic carbocycles. The molecule has 0 heterocycles. The molecule has 2 aromatic rings. The van der Waals surface area contributed by atoms with Gasteiger partial charge in [0.2, 0.25) is 5.91 Å². The molecule has 5 nitrogen and oxygen atoms in total. The van der Waals surface area contributed by atoms with Gasteiger partial charge in [0.05, 0.1) is 31.4 Å². The van der Waals surface area contributed by atoms with Crippen LogP contribution in [-0.4, -0.2) is 25.9 Å². The Morgan fingerprint density at radius 2 is 1.88 bits per heavy atom. The van der Waals surface area contributed by atoms with Gasteiger partial charge in [-0.3, -0.25) is 9.59 Å². The first kappa shape index (κ1) is 17.8. The summed E-state index contributed by atoms with van der Waals surface area (Å²) in [5, 5.41) is 3.17. The van der Waals surface area contributed by atoms with Crippen LogP contribution in [0.4, 0.5) is 5.69 Å². The van der Waals surface area contributed by atoms with Gasteiger partial charge >= 0.3 is 0 Å². The molecule has 0 bridgehead atoms. The van der Waals surface area contributed by atoms with Crippen LogP contribution >= 0.6 is 11.6 Å². The van der Waals surface area contributed by atoms with Crippen molar-refractivity contribution in [3.63, 3.8) is 0 Å². The van der Waals surface area contributed by atoms with Crippen molar-refractivity contribution >= 4 is 29.0 Å². The summed E-state index contributed by atoms with van der Waals surface area (Å²) in [7, 11) is 3.00. The number of amides is 1. The lowest BCUT2D eigenvalue weighted by Gasteiger charge is -2.13. The Morgan fingerprint density at radius 3 is 2.50 bits per heavy atom. The molecule has 2 rings (SSSR count). The van der Waals surface area contributed by atoms with Gasteiger partial charge in [-0.1, -0.05) is 17.7 Å². The van der Waals surface area contributed by atoms with Crippen molar-refractivity contribution in [1.29, 1.82) is 0 Å². The van der Waals surface area contributed by atoms with Gasteiger partial charge in [0.25, 0.3) is 0 Å². The van der Waals surface area contributed by atoms with Crippen molar-refractivity contribution in [1.82, 2.24) is 0 Å². The Balaban J connectivity index is 2.23. The number of methoxy groups -OCH3 is 2. The molecule has 0 radical (unpaired) electrons. The van der Waals surface area contributed by atoms with Gasteiger partial charge < -0.3 is 14.8 Å². The third kappa shape index (κ3) is 4.06. The number of carbonyl (C=O) groups excluding carboxylic acids is 2. The lowest BCUT2D eigenvalue weighted by molar-refractivity contribution is -0.115. The smallest absolute Gasteiger partial charge is 0.229 e. The molecular weight excluding hydrogens is 330 g/mol. The Kier molecular flexibility index (Phi) is 5.82. The number of Topliss-reactive ketones (excluding diaryl/α,β-unsaturated/α-hetero) is 1. The number of carbonyl (C=O) groups is 2. The molecule has 126 valence electrons. The van der Waals surface area contributed by atoms with Crippen LogP contribution in [0.1, 0.15) is 22.8 Å². The van der Waals surface area contributed by atoms with E-state index in [4.69, 9.17) is 21.1 Å². The topological polar surface area (TPSA) is 64.6 Å². The maximum atomic E-state index is 12.4. The average molecular weight is 348 g/mol. The minimum Gasteiger partial charge on any atom is -0.496 e. The quantitative estimate of drug-likeness (QED) is 0.808. The molecule has 1 amide bonds. The fraction of sp³-hybridized carbons (Fsp3) is 0.222. The summed E-state index contributed by atoms with van der Waals surface area (Å²) >= 11 is 6.04. The summed E-state index contributed by atoms with van der Waals surface area (Å²) in [5.74, 6) is 0.607. The number of halogens is 1. The summed E-state index contributed by atoms with van der Waals surface area (Å²) in [5.41, 5.74) is 1.64. The first-order valence-corrected chi connectivity index (χ1v) is 7.64. The zero-order chi connectivity index (χ0) is 17.7. The van der Waals surface area contributed by atoms with Crippen LogP contribution in [0, 0.1) is 0 Å². The van der Waals surface area contributed by atoms with Crippen LogP contribution in [0.3, 0.4) is 0 Å². The standard InChI is InChI=1S/C18H18ClNO4/c1-11(21)12-7-8-16(23-2)13(9-12)10-17(22)20-15-6-4-5-14(19)18(15)24-3/h4-9H,10H2,1-3H3,(H,20,22). The van der Waals surface area contributed by atoms with E-state index in [-0.39, 0.29) is 18.1 Å². The highest BCUT2D eigenvalue weighted by molar-refractivity contribution is 6.32. The fourth-order valence-corrected chi connectivity index (χ4v) is 2.57. The van der Waals surface area contributed by atoms with E-state index in [1.165, 1.54) is 21.1 Å². The van der Waals surface area contributed by atoms with Gasteiger partial charge in [0.15, 0.2) is 11.5 Å². The Morgan fingerprint density at radius 1 is 1.12 bits per heavy atom. The second-order valence-electron chi connectivity index (χ2n) is 5.13. The van der Waals surface area contributed by atoms with Crippen molar-refractivity contribution in [3.8, 4) is 11.5 Å². The Bertz CT molecular complexity index is 774. The molecule has 6 heteroatoms. The number of anilines is 1. The van der Waals surface area contributed by atoms with Gasteiger partial charge in [0.1, 0.15) is 5.75 Å². The predicted octanol–water partition coefficient (Wildman–Crippen LogP) is 3.74. The summed E-state index contributed by atoms with van der Waals surface area (Å²) in [6, 6.07) is 10.1. The van der Waals surface area contributed by atoms with E-state index in [0.29, 0.717) is 33.3 Å². The van der Waals surface area contributed by atoms with Gasteiger partial charge in [-0.2, -0.15) is 0 Å². The first-order valence-electron chi connectivity index (χ1n) is 7.26. The molecule has 24 heavy (non-hydrogen) atoms. The summed E-state index contributed by atoms with van der Waals surface area (Å²) in [4.78, 5) is 23.9. The molecule has 0 spiro atoms. The molecule has 0 saturated heterocycles. The molecular formula is C18H18ClNO4. The summed E-state index contributed by atoms with van der Waals surface area (Å²) in [6.07, 6.45) is 0.0555. The van der Waals surface area contributed by atoms with E-state index in [0.717, 1.165) is 0 Å². The molecule has 0 aromatic heterocycles. The number of hydrogen-bond donors (Lipinski definition) is 1. The number of ketones is 1. The molecule has 0 aliphatic heterocycles. The zero-order valence-corrected chi connectivity index (χ0v) is 14.4.